The van der Waals surface area contributed by atoms with Crippen LogP contribution in [0.5, 0.6) is 5.75 Å². The Morgan fingerprint density at radius 3 is 2.89 bits per heavy atom. The highest BCUT2D eigenvalue weighted by Crippen LogP contribution is 2.33. The van der Waals surface area contributed by atoms with E-state index in [4.69, 9.17) is 10.5 Å². The number of nitrogens with two attached hydrogens (primary N) is 1. The van der Waals surface area contributed by atoms with Gasteiger partial charge in [-0.05, 0) is 18.9 Å². The molecule has 0 spiro atoms. The van der Waals surface area contributed by atoms with Gasteiger partial charge in [0.15, 0.2) is 0 Å². The monoisotopic (exact) mass is 260 g/mol. The summed E-state index contributed by atoms with van der Waals surface area (Å²) in [6.07, 6.45) is 4.61. The zero-order valence-corrected chi connectivity index (χ0v) is 11.0. The SMILES string of the molecule is NC1(CC(=O)NC2COc3ccccc32)CCCC1. The standard InChI is InChI=1S/C15H20N2O2/c16-15(7-3-4-8-15)9-14(18)17-12-10-19-13-6-2-1-5-11(12)13/h1-2,5-6,12H,3-4,7-10,16H2,(H,17,18). The molecule has 1 saturated carbocycles. The summed E-state index contributed by atoms with van der Waals surface area (Å²) in [5.74, 6) is 0.908. The van der Waals surface area contributed by atoms with Crippen LogP contribution < -0.4 is 15.8 Å². The van der Waals surface area contributed by atoms with Crippen LogP contribution in [-0.2, 0) is 4.79 Å². The Bertz CT molecular complexity index is 481. The predicted octanol–water partition coefficient (Wildman–Crippen LogP) is 1.90. The molecule has 0 radical (unpaired) electrons. The summed E-state index contributed by atoms with van der Waals surface area (Å²) < 4.78 is 5.56. The number of amides is 1. The van der Waals surface area contributed by atoms with Gasteiger partial charge in [0.2, 0.25) is 5.91 Å². The fourth-order valence-electron chi connectivity index (χ4n) is 3.10. The normalized spacial score (nSPS) is 23.7. The second-order valence-corrected chi connectivity index (χ2v) is 5.72. The van der Waals surface area contributed by atoms with Crippen molar-refractivity contribution < 1.29 is 9.53 Å². The van der Waals surface area contributed by atoms with Crippen LogP contribution in [0.25, 0.3) is 0 Å². The first-order valence-corrected chi connectivity index (χ1v) is 6.96. The third-order valence-corrected chi connectivity index (χ3v) is 4.15. The largest absolute Gasteiger partial charge is 0.491 e. The molecule has 1 amide bonds. The summed E-state index contributed by atoms with van der Waals surface area (Å²) in [4.78, 5) is 12.1. The van der Waals surface area contributed by atoms with Crippen LogP contribution in [-0.4, -0.2) is 18.1 Å². The molecule has 1 aliphatic carbocycles. The molecule has 1 fully saturated rings. The van der Waals surface area contributed by atoms with E-state index in [0.717, 1.165) is 37.0 Å². The minimum Gasteiger partial charge on any atom is -0.491 e. The van der Waals surface area contributed by atoms with Crippen molar-refractivity contribution in [2.75, 3.05) is 6.61 Å². The number of hydrogen-bond donors (Lipinski definition) is 2. The number of fused-ring (bicyclic) bond motifs is 1. The number of rotatable bonds is 3. The number of carbonyl (C=O) groups excluding carboxylic acids is 1. The van der Waals surface area contributed by atoms with Crippen molar-refractivity contribution in [1.82, 2.24) is 5.32 Å². The van der Waals surface area contributed by atoms with Gasteiger partial charge < -0.3 is 15.8 Å². The summed E-state index contributed by atoms with van der Waals surface area (Å²) in [5, 5.41) is 3.04. The summed E-state index contributed by atoms with van der Waals surface area (Å²) in [5.41, 5.74) is 7.01. The second-order valence-electron chi connectivity index (χ2n) is 5.72. The Labute approximate surface area is 113 Å². The molecule has 1 aliphatic heterocycles. The number of para-hydroxylation sites is 1. The maximum absolute atomic E-state index is 12.1. The Morgan fingerprint density at radius 2 is 2.11 bits per heavy atom. The molecule has 19 heavy (non-hydrogen) atoms. The first-order valence-electron chi connectivity index (χ1n) is 6.96. The van der Waals surface area contributed by atoms with Crippen molar-refractivity contribution in [2.24, 2.45) is 5.73 Å². The molecule has 0 aromatic heterocycles. The molecule has 0 saturated heterocycles. The predicted molar refractivity (Wildman–Crippen MR) is 72.8 cm³/mol. The van der Waals surface area contributed by atoms with E-state index >= 15 is 0 Å². The minimum absolute atomic E-state index is 0.0336. The first kappa shape index (κ1) is 12.5. The van der Waals surface area contributed by atoms with Crippen molar-refractivity contribution in [1.29, 1.82) is 0 Å². The maximum atomic E-state index is 12.1. The summed E-state index contributed by atoms with van der Waals surface area (Å²) in [7, 11) is 0. The van der Waals surface area contributed by atoms with Gasteiger partial charge in [0.25, 0.3) is 0 Å². The summed E-state index contributed by atoms with van der Waals surface area (Å²) in [6.45, 7) is 0.517. The Balaban J connectivity index is 1.62. The van der Waals surface area contributed by atoms with Crippen LogP contribution in [0, 0.1) is 0 Å². The number of nitrogens with one attached hydrogen (secondary N) is 1. The maximum Gasteiger partial charge on any atom is 0.222 e. The van der Waals surface area contributed by atoms with E-state index in [1.165, 1.54) is 0 Å². The Morgan fingerprint density at radius 1 is 1.37 bits per heavy atom. The fraction of sp³-hybridized carbons (Fsp3) is 0.533. The Kier molecular flexibility index (Phi) is 3.19. The van der Waals surface area contributed by atoms with Gasteiger partial charge in [0.1, 0.15) is 12.4 Å². The molecule has 1 unspecified atom stereocenters. The lowest BCUT2D eigenvalue weighted by Crippen LogP contribution is -2.43. The van der Waals surface area contributed by atoms with E-state index < -0.39 is 0 Å². The van der Waals surface area contributed by atoms with Gasteiger partial charge in [-0.1, -0.05) is 31.0 Å². The van der Waals surface area contributed by atoms with E-state index in [1.54, 1.807) is 0 Å². The van der Waals surface area contributed by atoms with Gasteiger partial charge in [-0.2, -0.15) is 0 Å². The third kappa shape index (κ3) is 2.59. The number of benzene rings is 1. The first-order chi connectivity index (χ1) is 9.16. The third-order valence-electron chi connectivity index (χ3n) is 4.15. The molecular formula is C15H20N2O2. The number of ether oxygens (including phenoxy) is 1. The molecule has 1 heterocycles. The number of carbonyl (C=O) groups is 1. The van der Waals surface area contributed by atoms with Crippen molar-refractivity contribution in [3.63, 3.8) is 0 Å². The Hall–Kier alpha value is -1.55. The van der Waals surface area contributed by atoms with Crippen molar-refractivity contribution in [2.45, 2.75) is 43.7 Å². The topological polar surface area (TPSA) is 64.4 Å². The molecule has 0 bridgehead atoms. The average molecular weight is 260 g/mol. The van der Waals surface area contributed by atoms with Gasteiger partial charge in [-0.15, -0.1) is 0 Å². The zero-order valence-electron chi connectivity index (χ0n) is 11.0. The molecule has 1 aromatic carbocycles. The van der Waals surface area contributed by atoms with Gasteiger partial charge in [-0.25, -0.2) is 0 Å². The molecule has 1 atom stereocenters. The summed E-state index contributed by atoms with van der Waals surface area (Å²) >= 11 is 0. The van der Waals surface area contributed by atoms with E-state index in [1.807, 2.05) is 24.3 Å². The van der Waals surface area contributed by atoms with E-state index in [-0.39, 0.29) is 17.5 Å². The van der Waals surface area contributed by atoms with Crippen LogP contribution in [0.1, 0.15) is 43.7 Å². The van der Waals surface area contributed by atoms with Gasteiger partial charge in [-0.3, -0.25) is 4.79 Å². The lowest BCUT2D eigenvalue weighted by Gasteiger charge is -2.23. The molecule has 3 N–H and O–H groups in total. The molecule has 102 valence electrons. The smallest absolute Gasteiger partial charge is 0.222 e. The van der Waals surface area contributed by atoms with Crippen molar-refractivity contribution >= 4 is 5.91 Å². The average Bonchev–Trinajstić information content (AvgIpc) is 2.97. The molecule has 4 heteroatoms. The number of hydrogen-bond acceptors (Lipinski definition) is 3. The molecule has 3 rings (SSSR count). The molecule has 4 nitrogen and oxygen atoms in total. The zero-order chi connectivity index (χ0) is 13.3. The van der Waals surface area contributed by atoms with Gasteiger partial charge in [0.05, 0.1) is 6.04 Å². The van der Waals surface area contributed by atoms with Crippen LogP contribution in [0.4, 0.5) is 0 Å². The molecule has 1 aromatic rings. The molecule has 2 aliphatic rings. The highest BCUT2D eigenvalue weighted by atomic mass is 16.5. The van der Waals surface area contributed by atoms with Crippen LogP contribution in [0.2, 0.25) is 0 Å². The highest BCUT2D eigenvalue weighted by Gasteiger charge is 2.33. The van der Waals surface area contributed by atoms with Crippen molar-refractivity contribution in [3.8, 4) is 5.75 Å². The van der Waals surface area contributed by atoms with E-state index in [2.05, 4.69) is 5.32 Å². The van der Waals surface area contributed by atoms with Crippen molar-refractivity contribution in [3.05, 3.63) is 29.8 Å². The lowest BCUT2D eigenvalue weighted by atomic mass is 9.94. The quantitative estimate of drug-likeness (QED) is 0.872. The minimum atomic E-state index is -0.289. The van der Waals surface area contributed by atoms with Gasteiger partial charge >= 0.3 is 0 Å². The van der Waals surface area contributed by atoms with Gasteiger partial charge in [0, 0.05) is 17.5 Å². The fourth-order valence-corrected chi connectivity index (χ4v) is 3.10. The highest BCUT2D eigenvalue weighted by molar-refractivity contribution is 5.78. The van der Waals surface area contributed by atoms with Crippen LogP contribution in [0.15, 0.2) is 24.3 Å². The van der Waals surface area contributed by atoms with E-state index in [0.29, 0.717) is 13.0 Å². The van der Waals surface area contributed by atoms with E-state index in [9.17, 15) is 4.79 Å². The van der Waals surface area contributed by atoms with Crippen LogP contribution in [0.3, 0.4) is 0 Å². The molecular weight excluding hydrogens is 240 g/mol. The second kappa shape index (κ2) is 4.85. The lowest BCUT2D eigenvalue weighted by molar-refractivity contribution is -0.123. The van der Waals surface area contributed by atoms with Crippen LogP contribution >= 0.6 is 0 Å². The summed E-state index contributed by atoms with van der Waals surface area (Å²) in [6, 6.07) is 7.81.